The van der Waals surface area contributed by atoms with Crippen molar-refractivity contribution in [1.29, 1.82) is 0 Å². The van der Waals surface area contributed by atoms with Gasteiger partial charge in [-0.3, -0.25) is 0 Å². The first-order chi connectivity index (χ1) is 5.70. The average molecular weight is 183 g/mol. The highest BCUT2D eigenvalue weighted by Gasteiger charge is 2.21. The molecule has 0 saturated carbocycles. The molecule has 2 rings (SSSR count). The van der Waals surface area contributed by atoms with Crippen LogP contribution in [0.25, 0.3) is 0 Å². The quantitative estimate of drug-likeness (QED) is 0.565. The van der Waals surface area contributed by atoms with Gasteiger partial charge in [0.15, 0.2) is 6.40 Å². The molecule has 1 aliphatic rings. The molecule has 0 bridgehead atoms. The lowest BCUT2D eigenvalue weighted by atomic mass is 10.3. The van der Waals surface area contributed by atoms with Crippen molar-refractivity contribution < 1.29 is 12.6 Å². The highest BCUT2D eigenvalue weighted by molar-refractivity contribution is 7.87. The second-order valence-corrected chi connectivity index (χ2v) is 3.79. The Balaban J connectivity index is 2.77. The lowest BCUT2D eigenvalue weighted by molar-refractivity contribution is 0.488. The molecule has 12 heavy (non-hydrogen) atoms. The van der Waals surface area contributed by atoms with Gasteiger partial charge in [0.1, 0.15) is 4.90 Å². The molecule has 0 fully saturated rings. The van der Waals surface area contributed by atoms with E-state index in [-0.39, 0.29) is 4.90 Å². The van der Waals surface area contributed by atoms with E-state index < -0.39 is 10.1 Å². The molecule has 0 aliphatic carbocycles. The molecule has 0 unspecified atom stereocenters. The lowest BCUT2D eigenvalue weighted by Gasteiger charge is -2.09. The summed E-state index contributed by atoms with van der Waals surface area (Å²) in [7, 11) is -3.59. The van der Waals surface area contributed by atoms with Crippen molar-refractivity contribution in [3.8, 4) is 0 Å². The fraction of sp³-hybridized carbons (Fsp3) is 0. The van der Waals surface area contributed by atoms with Gasteiger partial charge >= 0.3 is 10.1 Å². The van der Waals surface area contributed by atoms with Gasteiger partial charge in [0, 0.05) is 0 Å². The monoisotopic (exact) mass is 183 g/mol. The fourth-order valence-corrected chi connectivity index (χ4v) is 1.84. The van der Waals surface area contributed by atoms with Crippen molar-refractivity contribution >= 4 is 22.2 Å². The lowest BCUT2D eigenvalue weighted by Crippen LogP contribution is -2.08. The smallest absolute Gasteiger partial charge is 0.342 e. The van der Waals surface area contributed by atoms with Crippen LogP contribution in [0.4, 0.5) is 5.69 Å². The van der Waals surface area contributed by atoms with E-state index in [4.69, 9.17) is 0 Å². The van der Waals surface area contributed by atoms with Gasteiger partial charge in [-0.25, -0.2) is 4.99 Å². The zero-order chi connectivity index (χ0) is 8.60. The predicted octanol–water partition coefficient (Wildman–Crippen LogP) is 1.07. The van der Waals surface area contributed by atoms with Gasteiger partial charge in [0.05, 0.1) is 5.69 Å². The van der Waals surface area contributed by atoms with E-state index in [2.05, 4.69) is 9.18 Å². The van der Waals surface area contributed by atoms with Crippen LogP contribution >= 0.6 is 0 Å². The topological polar surface area (TPSA) is 55.7 Å². The van der Waals surface area contributed by atoms with Crippen LogP contribution in [-0.4, -0.2) is 14.8 Å². The molecule has 0 saturated heterocycles. The minimum Gasteiger partial charge on any atom is -0.366 e. The Labute approximate surface area is 69.6 Å². The van der Waals surface area contributed by atoms with Crippen molar-refractivity contribution in [3.05, 3.63) is 24.3 Å². The number of hydrogen-bond acceptors (Lipinski definition) is 4. The Kier molecular flexibility index (Phi) is 1.41. The second kappa shape index (κ2) is 2.31. The minimum absolute atomic E-state index is 0.118. The summed E-state index contributed by atoms with van der Waals surface area (Å²) in [6.07, 6.45) is 0.928. The Morgan fingerprint density at radius 2 is 2.00 bits per heavy atom. The molecular weight excluding hydrogens is 178 g/mol. The first-order valence-electron chi connectivity index (χ1n) is 3.25. The molecule has 0 aromatic heterocycles. The van der Waals surface area contributed by atoms with Crippen LogP contribution in [0.1, 0.15) is 0 Å². The Morgan fingerprint density at radius 3 is 2.75 bits per heavy atom. The molecule has 0 N–H and O–H groups in total. The van der Waals surface area contributed by atoms with E-state index in [0.717, 1.165) is 6.40 Å². The maximum absolute atomic E-state index is 11.2. The number of aliphatic imine (C=N–C) groups is 1. The van der Waals surface area contributed by atoms with E-state index >= 15 is 0 Å². The molecule has 0 amide bonds. The van der Waals surface area contributed by atoms with Crippen LogP contribution in [0.15, 0.2) is 34.2 Å². The fourth-order valence-electron chi connectivity index (χ4n) is 0.962. The highest BCUT2D eigenvalue weighted by atomic mass is 32.2. The van der Waals surface area contributed by atoms with Crippen LogP contribution in [0, 0.1) is 0 Å². The van der Waals surface area contributed by atoms with E-state index in [1.54, 1.807) is 18.2 Å². The minimum atomic E-state index is -3.59. The van der Waals surface area contributed by atoms with Crippen LogP contribution in [0.5, 0.6) is 0 Å². The largest absolute Gasteiger partial charge is 0.366 e. The number of hydrogen-bond donors (Lipinski definition) is 0. The number of rotatable bonds is 0. The molecule has 1 aliphatic heterocycles. The summed E-state index contributed by atoms with van der Waals surface area (Å²) in [6.45, 7) is 0. The van der Waals surface area contributed by atoms with Gasteiger partial charge in [0.2, 0.25) is 0 Å². The first-order valence-corrected chi connectivity index (χ1v) is 4.66. The zero-order valence-corrected chi connectivity index (χ0v) is 6.78. The molecule has 4 nitrogen and oxygen atoms in total. The summed E-state index contributed by atoms with van der Waals surface area (Å²) in [5.74, 6) is 0. The van der Waals surface area contributed by atoms with E-state index in [1.807, 2.05) is 0 Å². The maximum Gasteiger partial charge on any atom is 0.342 e. The van der Waals surface area contributed by atoms with Crippen molar-refractivity contribution in [3.63, 3.8) is 0 Å². The molecule has 0 atom stereocenters. The number of nitrogens with zero attached hydrogens (tertiary/aromatic N) is 1. The number of benzene rings is 1. The standard InChI is InChI=1S/C7H5NO3S/c9-12(10)7-4-2-1-3-6(7)8-5-11-12/h1-5H. The highest BCUT2D eigenvalue weighted by Crippen LogP contribution is 2.27. The van der Waals surface area contributed by atoms with Crippen molar-refractivity contribution in [1.82, 2.24) is 0 Å². The van der Waals surface area contributed by atoms with Gasteiger partial charge in [-0.05, 0) is 12.1 Å². The van der Waals surface area contributed by atoms with E-state index in [1.165, 1.54) is 6.07 Å². The van der Waals surface area contributed by atoms with Gasteiger partial charge in [-0.1, -0.05) is 12.1 Å². The summed E-state index contributed by atoms with van der Waals surface area (Å²) >= 11 is 0. The predicted molar refractivity (Wildman–Crippen MR) is 42.9 cm³/mol. The summed E-state index contributed by atoms with van der Waals surface area (Å²) in [6, 6.07) is 6.42. The Morgan fingerprint density at radius 1 is 1.25 bits per heavy atom. The summed E-state index contributed by atoms with van der Waals surface area (Å²) in [5.41, 5.74) is 0.420. The van der Waals surface area contributed by atoms with Gasteiger partial charge in [0.25, 0.3) is 0 Å². The van der Waals surface area contributed by atoms with Crippen molar-refractivity contribution in [2.24, 2.45) is 4.99 Å². The molecular formula is C7H5NO3S. The van der Waals surface area contributed by atoms with E-state index in [9.17, 15) is 8.42 Å². The molecule has 1 aromatic carbocycles. The molecule has 0 spiro atoms. The third-order valence-corrected chi connectivity index (χ3v) is 2.72. The van der Waals surface area contributed by atoms with Crippen LogP contribution in [0.2, 0.25) is 0 Å². The Bertz CT molecular complexity index is 436. The van der Waals surface area contributed by atoms with Crippen LogP contribution in [0.3, 0.4) is 0 Å². The normalized spacial score (nSPS) is 18.0. The third-order valence-electron chi connectivity index (χ3n) is 1.50. The third kappa shape index (κ3) is 0.984. The molecule has 0 radical (unpaired) electrons. The van der Waals surface area contributed by atoms with Crippen LogP contribution < -0.4 is 0 Å². The second-order valence-electron chi connectivity index (χ2n) is 2.25. The molecule has 62 valence electrons. The molecule has 1 aromatic rings. The van der Waals surface area contributed by atoms with E-state index in [0.29, 0.717) is 5.69 Å². The summed E-state index contributed by atoms with van der Waals surface area (Å²) in [4.78, 5) is 3.88. The number of para-hydroxylation sites is 1. The average Bonchev–Trinajstić information content (AvgIpc) is 2.04. The van der Waals surface area contributed by atoms with Crippen LogP contribution in [-0.2, 0) is 14.3 Å². The summed E-state index contributed by atoms with van der Waals surface area (Å²) in [5, 5.41) is 0. The molecule has 5 heteroatoms. The van der Waals surface area contributed by atoms with Gasteiger partial charge < -0.3 is 4.18 Å². The van der Waals surface area contributed by atoms with Gasteiger partial charge in [-0.15, -0.1) is 0 Å². The summed E-state index contributed by atoms with van der Waals surface area (Å²) < 4.78 is 26.7. The van der Waals surface area contributed by atoms with Crippen molar-refractivity contribution in [2.75, 3.05) is 0 Å². The SMILES string of the molecule is O=S1(=O)OC=Nc2ccccc21. The molecule has 1 heterocycles. The van der Waals surface area contributed by atoms with Crippen molar-refractivity contribution in [2.45, 2.75) is 4.90 Å². The first kappa shape index (κ1) is 7.30. The number of fused-ring (bicyclic) bond motifs is 1. The maximum atomic E-state index is 11.2. The zero-order valence-electron chi connectivity index (χ0n) is 5.97. The van der Waals surface area contributed by atoms with Gasteiger partial charge in [-0.2, -0.15) is 8.42 Å². The Hall–Kier alpha value is -1.36.